The smallest absolute Gasteiger partial charge is 0.164 e. The summed E-state index contributed by atoms with van der Waals surface area (Å²) in [4.78, 5) is 12.3. The zero-order valence-corrected chi connectivity index (χ0v) is 12.6. The van der Waals surface area contributed by atoms with Crippen LogP contribution in [0.25, 0.3) is 0 Å². The Morgan fingerprint density at radius 2 is 1.63 bits per heavy atom. The molecule has 0 N–H and O–H groups in total. The summed E-state index contributed by atoms with van der Waals surface area (Å²) < 4.78 is 1.07. The second kappa shape index (κ2) is 4.61. The molecule has 0 saturated heterocycles. The molecule has 0 radical (unpaired) electrons. The van der Waals surface area contributed by atoms with E-state index in [1.165, 1.54) is 16.7 Å². The molecule has 0 heterocycles. The molecule has 1 aliphatic rings. The van der Waals surface area contributed by atoms with E-state index in [0.717, 1.165) is 15.6 Å². The minimum atomic E-state index is 0.218. The molecule has 0 bridgehead atoms. The van der Waals surface area contributed by atoms with Gasteiger partial charge in [-0.15, -0.1) is 0 Å². The van der Waals surface area contributed by atoms with Gasteiger partial charge >= 0.3 is 0 Å². The van der Waals surface area contributed by atoms with E-state index in [1.807, 2.05) is 19.1 Å². The third kappa shape index (κ3) is 2.04. The Bertz CT molecular complexity index is 656. The molecule has 2 aromatic carbocycles. The fourth-order valence-electron chi connectivity index (χ4n) is 3.02. The standard InChI is InChI=1S/C17H15BrO/c1-10-3-4-11(2)17-15(19)9-14(16(10)17)12-5-7-13(18)8-6-12/h3-8,14H,9H2,1-2H3. The maximum absolute atomic E-state index is 12.3. The molecule has 0 aromatic heterocycles. The van der Waals surface area contributed by atoms with Crippen LogP contribution in [-0.2, 0) is 0 Å². The average Bonchev–Trinajstić information content (AvgIpc) is 2.74. The normalized spacial score (nSPS) is 17.6. The van der Waals surface area contributed by atoms with E-state index >= 15 is 0 Å². The van der Waals surface area contributed by atoms with Crippen molar-refractivity contribution in [2.45, 2.75) is 26.2 Å². The zero-order chi connectivity index (χ0) is 13.6. The maximum Gasteiger partial charge on any atom is 0.164 e. The maximum atomic E-state index is 12.3. The number of ketones is 1. The highest BCUT2D eigenvalue weighted by Gasteiger charge is 2.32. The molecule has 3 rings (SSSR count). The molecule has 0 fully saturated rings. The number of aryl methyl sites for hydroxylation is 2. The molecule has 1 aliphatic carbocycles. The number of halogens is 1. The third-order valence-electron chi connectivity index (χ3n) is 3.96. The number of carbonyl (C=O) groups is 1. The molecule has 1 unspecified atom stereocenters. The van der Waals surface area contributed by atoms with E-state index < -0.39 is 0 Å². The fraction of sp³-hybridized carbons (Fsp3) is 0.235. The van der Waals surface area contributed by atoms with Crippen LogP contribution in [0.5, 0.6) is 0 Å². The van der Waals surface area contributed by atoms with Crippen LogP contribution in [0.2, 0.25) is 0 Å². The number of benzene rings is 2. The van der Waals surface area contributed by atoms with Crippen molar-refractivity contribution in [3.8, 4) is 0 Å². The summed E-state index contributed by atoms with van der Waals surface area (Å²) in [5.41, 5.74) is 5.73. The van der Waals surface area contributed by atoms with Gasteiger partial charge in [-0.25, -0.2) is 0 Å². The number of hydrogen-bond acceptors (Lipinski definition) is 1. The van der Waals surface area contributed by atoms with Crippen molar-refractivity contribution < 1.29 is 4.79 Å². The van der Waals surface area contributed by atoms with Crippen LogP contribution >= 0.6 is 15.9 Å². The largest absolute Gasteiger partial charge is 0.294 e. The average molecular weight is 315 g/mol. The fourth-order valence-corrected chi connectivity index (χ4v) is 3.29. The first-order chi connectivity index (χ1) is 9.08. The highest BCUT2D eigenvalue weighted by molar-refractivity contribution is 9.10. The molecule has 0 spiro atoms. The second-order valence-corrected chi connectivity index (χ2v) is 6.14. The minimum absolute atomic E-state index is 0.218. The monoisotopic (exact) mass is 314 g/mol. The lowest BCUT2D eigenvalue weighted by Crippen LogP contribution is -1.99. The third-order valence-corrected chi connectivity index (χ3v) is 4.49. The van der Waals surface area contributed by atoms with Gasteiger partial charge in [0.2, 0.25) is 0 Å². The first kappa shape index (κ1) is 12.6. The molecule has 0 aliphatic heterocycles. The Morgan fingerprint density at radius 1 is 1.00 bits per heavy atom. The van der Waals surface area contributed by atoms with Crippen LogP contribution in [0, 0.1) is 13.8 Å². The van der Waals surface area contributed by atoms with Gasteiger partial charge in [-0.1, -0.05) is 40.2 Å². The van der Waals surface area contributed by atoms with Crippen LogP contribution in [-0.4, -0.2) is 5.78 Å². The van der Waals surface area contributed by atoms with Gasteiger partial charge in [0, 0.05) is 22.4 Å². The van der Waals surface area contributed by atoms with Gasteiger partial charge in [0.15, 0.2) is 5.78 Å². The van der Waals surface area contributed by atoms with E-state index in [9.17, 15) is 4.79 Å². The van der Waals surface area contributed by atoms with E-state index in [1.54, 1.807) is 0 Å². The Balaban J connectivity index is 2.16. The highest BCUT2D eigenvalue weighted by Crippen LogP contribution is 2.41. The first-order valence-corrected chi connectivity index (χ1v) is 7.26. The Morgan fingerprint density at radius 3 is 2.32 bits per heavy atom. The van der Waals surface area contributed by atoms with Crippen LogP contribution < -0.4 is 0 Å². The quantitative estimate of drug-likeness (QED) is 0.740. The SMILES string of the molecule is Cc1ccc(C)c2c1C(=O)CC2c1ccc(Br)cc1. The minimum Gasteiger partial charge on any atom is -0.294 e. The Kier molecular flexibility index (Phi) is 3.06. The van der Waals surface area contributed by atoms with Crippen molar-refractivity contribution in [1.82, 2.24) is 0 Å². The summed E-state index contributed by atoms with van der Waals surface area (Å²) in [6.07, 6.45) is 0.600. The molecule has 19 heavy (non-hydrogen) atoms. The summed E-state index contributed by atoms with van der Waals surface area (Å²) in [5, 5.41) is 0. The van der Waals surface area contributed by atoms with Gasteiger partial charge in [0.1, 0.15) is 0 Å². The van der Waals surface area contributed by atoms with Crippen LogP contribution in [0.4, 0.5) is 0 Å². The van der Waals surface area contributed by atoms with E-state index in [0.29, 0.717) is 6.42 Å². The second-order valence-electron chi connectivity index (χ2n) is 5.22. The predicted molar refractivity (Wildman–Crippen MR) is 80.8 cm³/mol. The van der Waals surface area contributed by atoms with Crippen molar-refractivity contribution in [2.24, 2.45) is 0 Å². The number of rotatable bonds is 1. The molecule has 0 saturated carbocycles. The van der Waals surface area contributed by atoms with Crippen LogP contribution in [0.1, 0.15) is 45.0 Å². The Labute approximate surface area is 121 Å². The summed E-state index contributed by atoms with van der Waals surface area (Å²) >= 11 is 3.46. The van der Waals surface area contributed by atoms with Crippen molar-refractivity contribution in [2.75, 3.05) is 0 Å². The van der Waals surface area contributed by atoms with Gasteiger partial charge in [0.05, 0.1) is 0 Å². The van der Waals surface area contributed by atoms with Gasteiger partial charge in [-0.3, -0.25) is 4.79 Å². The van der Waals surface area contributed by atoms with Gasteiger partial charge in [-0.05, 0) is 48.2 Å². The number of fused-ring (bicyclic) bond motifs is 1. The lowest BCUT2D eigenvalue weighted by atomic mass is 9.89. The first-order valence-electron chi connectivity index (χ1n) is 6.46. The lowest BCUT2D eigenvalue weighted by Gasteiger charge is -2.14. The summed E-state index contributed by atoms with van der Waals surface area (Å²) in [6, 6.07) is 12.5. The molecule has 2 heteroatoms. The van der Waals surface area contributed by atoms with Crippen molar-refractivity contribution >= 4 is 21.7 Å². The van der Waals surface area contributed by atoms with E-state index in [-0.39, 0.29) is 11.7 Å². The van der Waals surface area contributed by atoms with E-state index in [2.05, 4.69) is 47.1 Å². The molecule has 1 nitrogen and oxygen atoms in total. The molecule has 96 valence electrons. The predicted octanol–water partition coefficient (Wildman–Crippen LogP) is 4.78. The Hall–Kier alpha value is -1.41. The van der Waals surface area contributed by atoms with Crippen molar-refractivity contribution in [3.63, 3.8) is 0 Å². The molecular formula is C17H15BrO. The van der Waals surface area contributed by atoms with E-state index in [4.69, 9.17) is 0 Å². The summed E-state index contributed by atoms with van der Waals surface area (Å²) in [7, 11) is 0. The van der Waals surface area contributed by atoms with Crippen molar-refractivity contribution in [3.05, 3.63) is 68.7 Å². The molecular weight excluding hydrogens is 300 g/mol. The van der Waals surface area contributed by atoms with Crippen LogP contribution in [0.3, 0.4) is 0 Å². The zero-order valence-electron chi connectivity index (χ0n) is 11.0. The van der Waals surface area contributed by atoms with Crippen LogP contribution in [0.15, 0.2) is 40.9 Å². The topological polar surface area (TPSA) is 17.1 Å². The summed E-state index contributed by atoms with van der Waals surface area (Å²) in [5.74, 6) is 0.500. The van der Waals surface area contributed by atoms with Gasteiger partial charge < -0.3 is 0 Å². The molecule has 1 atom stereocenters. The molecule has 0 amide bonds. The number of hydrogen-bond donors (Lipinski definition) is 0. The van der Waals surface area contributed by atoms with Gasteiger partial charge in [-0.2, -0.15) is 0 Å². The van der Waals surface area contributed by atoms with Gasteiger partial charge in [0.25, 0.3) is 0 Å². The number of carbonyl (C=O) groups excluding carboxylic acids is 1. The highest BCUT2D eigenvalue weighted by atomic mass is 79.9. The molecule has 2 aromatic rings. The number of Topliss-reactive ketones (excluding diaryl/α,β-unsaturated/α-hetero) is 1. The lowest BCUT2D eigenvalue weighted by molar-refractivity contribution is 0.0991. The van der Waals surface area contributed by atoms with Crippen molar-refractivity contribution in [1.29, 1.82) is 0 Å². The summed E-state index contributed by atoms with van der Waals surface area (Å²) in [6.45, 7) is 4.13.